The van der Waals surface area contributed by atoms with Gasteiger partial charge in [-0.15, -0.1) is 0 Å². The lowest BCUT2D eigenvalue weighted by atomic mass is 9.95. The van der Waals surface area contributed by atoms with Crippen molar-refractivity contribution in [3.63, 3.8) is 0 Å². The lowest BCUT2D eigenvalue weighted by molar-refractivity contribution is -0.114. The van der Waals surface area contributed by atoms with Crippen LogP contribution in [0.25, 0.3) is 0 Å². The minimum atomic E-state index is -0.944. The molecule has 0 bridgehead atoms. The summed E-state index contributed by atoms with van der Waals surface area (Å²) < 4.78 is 10.3. The summed E-state index contributed by atoms with van der Waals surface area (Å²) >= 11 is 0. The first-order chi connectivity index (χ1) is 10.9. The number of hydrogen-bond acceptors (Lipinski definition) is 7. The van der Waals surface area contributed by atoms with Crippen molar-refractivity contribution >= 4 is 11.6 Å². The van der Waals surface area contributed by atoms with Crippen molar-refractivity contribution in [1.82, 2.24) is 0 Å². The van der Waals surface area contributed by atoms with E-state index < -0.39 is 17.3 Å². The predicted octanol–water partition coefficient (Wildman–Crippen LogP) is 1.87. The molecule has 0 radical (unpaired) electrons. The second-order valence-electron chi connectivity index (χ2n) is 4.96. The minimum absolute atomic E-state index is 0.121. The normalized spacial score (nSPS) is 20.4. The lowest BCUT2D eigenvalue weighted by Crippen LogP contribution is -2.27. The number of benzene rings is 1. The van der Waals surface area contributed by atoms with E-state index in [4.69, 9.17) is 9.47 Å². The minimum Gasteiger partial charge on any atom is -0.508 e. The topological polar surface area (TPSA) is 113 Å². The van der Waals surface area contributed by atoms with Crippen molar-refractivity contribution in [2.45, 2.75) is 6.42 Å². The second-order valence-corrected chi connectivity index (χ2v) is 4.96. The largest absolute Gasteiger partial charge is 0.508 e. The first kappa shape index (κ1) is 14.7. The number of ether oxygens (including phenoxy) is 2. The van der Waals surface area contributed by atoms with Gasteiger partial charge < -0.3 is 24.8 Å². The molecule has 7 nitrogen and oxygen atoms in total. The van der Waals surface area contributed by atoms with Gasteiger partial charge in [0.15, 0.2) is 17.3 Å². The van der Waals surface area contributed by atoms with Gasteiger partial charge in [-0.3, -0.25) is 9.59 Å². The Bertz CT molecular complexity index is 827. The molecule has 118 valence electrons. The van der Waals surface area contributed by atoms with Gasteiger partial charge in [0.25, 0.3) is 5.78 Å². The molecule has 0 saturated heterocycles. The number of rotatable bonds is 1. The molecule has 3 N–H and O–H groups in total. The molecule has 0 unspecified atom stereocenters. The Kier molecular flexibility index (Phi) is 3.33. The highest BCUT2D eigenvalue weighted by Crippen LogP contribution is 2.39. The lowest BCUT2D eigenvalue weighted by Gasteiger charge is -2.21. The summed E-state index contributed by atoms with van der Waals surface area (Å²) in [4.78, 5) is 24.4. The molecule has 2 aliphatic rings. The van der Waals surface area contributed by atoms with Gasteiger partial charge in [-0.1, -0.05) is 0 Å². The number of hydrogen-bond donors (Lipinski definition) is 3. The third-order valence-corrected chi connectivity index (χ3v) is 3.50. The molecule has 0 saturated carbocycles. The number of methoxy groups -OCH3 is 1. The van der Waals surface area contributed by atoms with Crippen molar-refractivity contribution in [1.29, 1.82) is 0 Å². The molecule has 0 fully saturated rings. The molecule has 0 aromatic heterocycles. The number of ketones is 2. The van der Waals surface area contributed by atoms with E-state index in [0.717, 1.165) is 12.1 Å². The summed E-state index contributed by atoms with van der Waals surface area (Å²) in [5, 5.41) is 29.0. The van der Waals surface area contributed by atoms with Crippen LogP contribution < -0.4 is 4.74 Å². The zero-order valence-electron chi connectivity index (χ0n) is 12.0. The van der Waals surface area contributed by atoms with E-state index in [9.17, 15) is 24.9 Å². The van der Waals surface area contributed by atoms with Crippen LogP contribution in [0.3, 0.4) is 0 Å². The number of phenolic OH excluding ortho intramolecular Hbond substituents is 2. The van der Waals surface area contributed by atoms with Crippen LogP contribution in [0, 0.1) is 0 Å². The fraction of sp³-hybridized carbons (Fsp3) is 0.125. The maximum atomic E-state index is 12.2. The van der Waals surface area contributed by atoms with E-state index >= 15 is 0 Å². The third-order valence-electron chi connectivity index (χ3n) is 3.50. The number of carbonyl (C=O) groups excluding carboxylic acids is 2. The van der Waals surface area contributed by atoms with Gasteiger partial charge in [-0.2, -0.15) is 0 Å². The quantitative estimate of drug-likeness (QED) is 0.535. The van der Waals surface area contributed by atoms with Crippen LogP contribution in [0.5, 0.6) is 17.2 Å². The Morgan fingerprint density at radius 3 is 2.52 bits per heavy atom. The van der Waals surface area contributed by atoms with Crippen molar-refractivity contribution in [3.8, 4) is 17.2 Å². The smallest absolute Gasteiger partial charge is 0.269 e. The molecule has 1 aliphatic heterocycles. The summed E-state index contributed by atoms with van der Waals surface area (Å²) in [5.41, 5.74) is -0.00980. The number of allylic oxidation sites excluding steroid dienone is 4. The average molecular weight is 316 g/mol. The van der Waals surface area contributed by atoms with Gasteiger partial charge in [-0.05, 0) is 18.6 Å². The number of fused-ring (bicyclic) bond motifs is 1. The van der Waals surface area contributed by atoms with E-state index in [-0.39, 0.29) is 46.3 Å². The molecule has 0 spiro atoms. The first-order valence-electron chi connectivity index (χ1n) is 6.63. The molecular formula is C16H12O7. The van der Waals surface area contributed by atoms with Gasteiger partial charge in [0, 0.05) is 17.7 Å². The standard InChI is InChI=1S/C16H12O7/c1-22-11-3-2-7(4-9(11)18)16-15(21)14(20)13-10(19)5-8(17)6-12(13)23-16/h3-6,17-19H,2H2,1H3. The van der Waals surface area contributed by atoms with Crippen LogP contribution in [-0.2, 0) is 9.53 Å². The molecular weight excluding hydrogens is 304 g/mol. The monoisotopic (exact) mass is 316 g/mol. The summed E-state index contributed by atoms with van der Waals surface area (Å²) in [6.45, 7) is 0. The summed E-state index contributed by atoms with van der Waals surface area (Å²) in [6.07, 6.45) is 3.02. The number of aliphatic hydroxyl groups is 1. The molecule has 23 heavy (non-hydrogen) atoms. The van der Waals surface area contributed by atoms with Gasteiger partial charge in [-0.25, -0.2) is 0 Å². The maximum absolute atomic E-state index is 12.2. The van der Waals surface area contributed by atoms with Crippen LogP contribution in [0.1, 0.15) is 16.8 Å². The number of carbonyl (C=O) groups is 2. The predicted molar refractivity (Wildman–Crippen MR) is 77.2 cm³/mol. The van der Waals surface area contributed by atoms with Gasteiger partial charge in [0.05, 0.1) is 7.11 Å². The second kappa shape index (κ2) is 5.20. The number of phenols is 2. The maximum Gasteiger partial charge on any atom is 0.269 e. The Morgan fingerprint density at radius 1 is 1.13 bits per heavy atom. The number of Topliss-reactive ketones (excluding diaryl/α,β-unsaturated/α-hetero) is 2. The zero-order valence-corrected chi connectivity index (χ0v) is 12.0. The van der Waals surface area contributed by atoms with Crippen LogP contribution >= 0.6 is 0 Å². The SMILES string of the molecule is COC1=CCC(=C2Oc3cc(O)cc(O)c3C(=O)C2=O)C=C1O. The van der Waals surface area contributed by atoms with Gasteiger partial charge in [0.2, 0.25) is 5.78 Å². The fourth-order valence-electron chi connectivity index (χ4n) is 2.43. The van der Waals surface area contributed by atoms with Crippen molar-refractivity contribution in [3.05, 3.63) is 52.7 Å². The highest BCUT2D eigenvalue weighted by atomic mass is 16.5. The fourth-order valence-corrected chi connectivity index (χ4v) is 2.43. The number of aromatic hydroxyl groups is 2. The summed E-state index contributed by atoms with van der Waals surface area (Å²) in [7, 11) is 1.39. The van der Waals surface area contributed by atoms with Crippen LogP contribution in [0.2, 0.25) is 0 Å². The summed E-state index contributed by atoms with van der Waals surface area (Å²) in [5.74, 6) is -3.06. The molecule has 0 amide bonds. The van der Waals surface area contributed by atoms with Crippen LogP contribution in [-0.4, -0.2) is 34.0 Å². The van der Waals surface area contributed by atoms with E-state index in [1.807, 2.05) is 0 Å². The molecule has 0 atom stereocenters. The molecule has 1 aromatic rings. The van der Waals surface area contributed by atoms with E-state index in [1.165, 1.54) is 19.3 Å². The van der Waals surface area contributed by atoms with Crippen molar-refractivity contribution in [2.75, 3.05) is 7.11 Å². The van der Waals surface area contributed by atoms with Crippen LogP contribution in [0.15, 0.2) is 47.1 Å². The molecule has 1 aromatic carbocycles. The van der Waals surface area contributed by atoms with E-state index in [1.54, 1.807) is 0 Å². The number of aliphatic hydroxyl groups excluding tert-OH is 1. The molecule has 1 aliphatic carbocycles. The Hall–Kier alpha value is -3.22. The third kappa shape index (κ3) is 2.32. The Balaban J connectivity index is 2.11. The van der Waals surface area contributed by atoms with E-state index in [0.29, 0.717) is 0 Å². The van der Waals surface area contributed by atoms with Crippen molar-refractivity contribution < 1.29 is 34.4 Å². The van der Waals surface area contributed by atoms with Gasteiger partial charge >= 0.3 is 0 Å². The van der Waals surface area contributed by atoms with Crippen molar-refractivity contribution in [2.24, 2.45) is 0 Å². The van der Waals surface area contributed by atoms with Gasteiger partial charge in [0.1, 0.15) is 22.8 Å². The van der Waals surface area contributed by atoms with E-state index in [2.05, 4.69) is 0 Å². The highest BCUT2D eigenvalue weighted by molar-refractivity contribution is 6.50. The Morgan fingerprint density at radius 2 is 1.87 bits per heavy atom. The molecule has 1 heterocycles. The highest BCUT2D eigenvalue weighted by Gasteiger charge is 2.36. The summed E-state index contributed by atoms with van der Waals surface area (Å²) in [6, 6.07) is 2.08. The Labute approximate surface area is 130 Å². The molecule has 7 heteroatoms. The average Bonchev–Trinajstić information content (AvgIpc) is 2.50. The van der Waals surface area contributed by atoms with Crippen LogP contribution in [0.4, 0.5) is 0 Å². The molecule has 3 rings (SSSR count). The first-order valence-corrected chi connectivity index (χ1v) is 6.63. The zero-order chi connectivity index (χ0) is 16.7.